The van der Waals surface area contributed by atoms with Crippen LogP contribution in [0.4, 0.5) is 22.9 Å². The average molecular weight is 589 g/mol. The Labute approximate surface area is 214 Å². The van der Waals surface area contributed by atoms with E-state index in [9.17, 15) is 8.42 Å². The summed E-state index contributed by atoms with van der Waals surface area (Å²) in [5, 5.41) is 6.67. The van der Waals surface area contributed by atoms with E-state index < -0.39 is 31.3 Å². The third-order valence-corrected chi connectivity index (χ3v) is 9.52. The number of hydrogen-bond donors (Lipinski definition) is 2. The summed E-state index contributed by atoms with van der Waals surface area (Å²) >= 11 is -1.08. The molecule has 2 radical (unpaired) electrons. The van der Waals surface area contributed by atoms with Gasteiger partial charge >= 0.3 is 216 Å². The van der Waals surface area contributed by atoms with Crippen molar-refractivity contribution in [2.45, 2.75) is 4.90 Å². The van der Waals surface area contributed by atoms with Gasteiger partial charge in [0.1, 0.15) is 0 Å². The van der Waals surface area contributed by atoms with E-state index in [0.29, 0.717) is 5.82 Å². The molecule has 0 aliphatic carbocycles. The summed E-state index contributed by atoms with van der Waals surface area (Å²) in [6.45, 7) is 0. The maximum atomic E-state index is 11.9. The molecule has 1 aliphatic heterocycles. The zero-order valence-electron chi connectivity index (χ0n) is 19.1. The molecule has 0 bridgehead atoms. The molecular formula is C26H22N4O3SSn. The number of para-hydroxylation sites is 2. The molecule has 7 nitrogen and oxygen atoms in total. The molecule has 174 valence electrons. The van der Waals surface area contributed by atoms with Crippen LogP contribution in [0.1, 0.15) is 11.1 Å². The van der Waals surface area contributed by atoms with E-state index in [1.54, 1.807) is 31.5 Å². The van der Waals surface area contributed by atoms with Crippen LogP contribution in [0.5, 0.6) is 5.75 Å². The van der Waals surface area contributed by atoms with Crippen LogP contribution in [0.15, 0.2) is 93.2 Å². The first-order valence-electron chi connectivity index (χ1n) is 10.8. The number of benzene rings is 3. The molecule has 9 heteroatoms. The van der Waals surface area contributed by atoms with Crippen molar-refractivity contribution in [2.75, 3.05) is 24.0 Å². The normalized spacial score (nSPS) is 12.6. The predicted octanol–water partition coefficient (Wildman–Crippen LogP) is 4.08. The number of methoxy groups -OCH3 is 1. The van der Waals surface area contributed by atoms with Crippen LogP contribution in [0.3, 0.4) is 0 Å². The Morgan fingerprint density at radius 3 is 2.54 bits per heavy atom. The van der Waals surface area contributed by atoms with Gasteiger partial charge in [-0.05, 0) is 0 Å². The molecule has 0 spiro atoms. The number of ether oxygens (including phenoxy) is 1. The molecule has 4 aromatic rings. The van der Waals surface area contributed by atoms with Crippen LogP contribution in [-0.4, -0.2) is 53.9 Å². The van der Waals surface area contributed by atoms with Crippen LogP contribution in [0.25, 0.3) is 0 Å². The molecule has 2 N–H and O–H groups in total. The van der Waals surface area contributed by atoms with E-state index in [2.05, 4.69) is 27.8 Å². The van der Waals surface area contributed by atoms with Gasteiger partial charge in [0, 0.05) is 0 Å². The fourth-order valence-corrected chi connectivity index (χ4v) is 7.20. The number of fused-ring (bicyclic) bond motifs is 1. The van der Waals surface area contributed by atoms with E-state index >= 15 is 0 Å². The first-order chi connectivity index (χ1) is 16.9. The van der Waals surface area contributed by atoms with Crippen molar-refractivity contribution in [1.82, 2.24) is 4.98 Å². The third kappa shape index (κ3) is 5.18. The topological polar surface area (TPSA) is 92.7 Å². The van der Waals surface area contributed by atoms with Crippen molar-refractivity contribution < 1.29 is 13.2 Å². The number of nitrogens with zero attached hydrogens (tertiary/aromatic N) is 2. The van der Waals surface area contributed by atoms with Crippen LogP contribution in [-0.2, 0) is 9.84 Å². The van der Waals surface area contributed by atoms with E-state index in [1.807, 2.05) is 48.5 Å². The van der Waals surface area contributed by atoms with Crippen LogP contribution < -0.4 is 18.9 Å². The fraction of sp³-hybridized carbons (Fsp3) is 0.0769. The van der Waals surface area contributed by atoms with Crippen molar-refractivity contribution in [3.63, 3.8) is 0 Å². The molecule has 0 fully saturated rings. The molecule has 2 heterocycles. The molecule has 0 amide bonds. The number of rotatable bonds is 7. The van der Waals surface area contributed by atoms with E-state index in [1.165, 1.54) is 9.84 Å². The van der Waals surface area contributed by atoms with Crippen molar-refractivity contribution >= 4 is 63.4 Å². The summed E-state index contributed by atoms with van der Waals surface area (Å²) in [5.74, 6) is 1.45. The van der Waals surface area contributed by atoms with Gasteiger partial charge in [-0.3, -0.25) is 0 Å². The molecule has 1 aliphatic rings. The van der Waals surface area contributed by atoms with Gasteiger partial charge < -0.3 is 0 Å². The standard InChI is InChI=1S/C26H22N4O3S.Sn/c1-33-24-12-4-3-11-23(24)30-25-16-19(13-14-28-25)26(27)18-7-5-8-20(15-18)29-21-9-6-10-22(17-21)34(2,31)32;/h3-6,8-17,29H,1-2H3,(H,28,30);/q-1;+1. The second kappa shape index (κ2) is 9.71. The van der Waals surface area contributed by atoms with Gasteiger partial charge in [0.15, 0.2) is 0 Å². The maximum absolute atomic E-state index is 11.9. The van der Waals surface area contributed by atoms with Crippen molar-refractivity contribution in [3.05, 3.63) is 96.2 Å². The average Bonchev–Trinajstić information content (AvgIpc) is 3.28. The molecule has 5 rings (SSSR count). The SMILES string of the molecule is COc1ccccc1Nc1cc(C2=[N][Sn][c]3ccc(Nc4cccc(S(C)(=O)=O)c4)cc32)ccn1. The van der Waals surface area contributed by atoms with E-state index in [0.717, 1.165) is 39.7 Å². The molecule has 1 aromatic heterocycles. The molecule has 0 saturated carbocycles. The van der Waals surface area contributed by atoms with Crippen LogP contribution in [0, 0.1) is 0 Å². The summed E-state index contributed by atoms with van der Waals surface area (Å²) in [5.41, 5.74) is 5.50. The first kappa shape index (κ1) is 23.4. The number of aromatic nitrogens is 1. The molecule has 35 heavy (non-hydrogen) atoms. The Morgan fingerprint density at radius 2 is 1.71 bits per heavy atom. The van der Waals surface area contributed by atoms with Gasteiger partial charge in [-0.2, -0.15) is 0 Å². The second-order valence-corrected chi connectivity index (χ2v) is 12.8. The van der Waals surface area contributed by atoms with E-state index in [4.69, 9.17) is 7.95 Å². The third-order valence-electron chi connectivity index (χ3n) is 5.52. The Morgan fingerprint density at radius 1 is 0.886 bits per heavy atom. The molecule has 0 unspecified atom stereocenters. The monoisotopic (exact) mass is 590 g/mol. The Bertz CT molecular complexity index is 1550. The Balaban J connectivity index is 1.41. The van der Waals surface area contributed by atoms with Gasteiger partial charge in [0.25, 0.3) is 0 Å². The first-order valence-corrected chi connectivity index (χ1v) is 15.4. The summed E-state index contributed by atoms with van der Waals surface area (Å²) in [4.78, 5) is 4.75. The number of anilines is 4. The van der Waals surface area contributed by atoms with E-state index in [-0.39, 0.29) is 4.90 Å². The Hall–Kier alpha value is -3.37. The molecule has 0 saturated heterocycles. The minimum atomic E-state index is -3.28. The second-order valence-electron chi connectivity index (χ2n) is 8.01. The zero-order chi connectivity index (χ0) is 24.4. The quantitative estimate of drug-likeness (QED) is 0.316. The van der Waals surface area contributed by atoms with Gasteiger partial charge in [-0.1, -0.05) is 0 Å². The summed E-state index contributed by atoms with van der Waals surface area (Å²) in [6.07, 6.45) is 2.99. The molecule has 3 aromatic carbocycles. The van der Waals surface area contributed by atoms with Crippen molar-refractivity contribution in [2.24, 2.45) is 3.21 Å². The van der Waals surface area contributed by atoms with Gasteiger partial charge in [0.05, 0.1) is 0 Å². The van der Waals surface area contributed by atoms with Crippen molar-refractivity contribution in [3.8, 4) is 5.75 Å². The summed E-state index contributed by atoms with van der Waals surface area (Å²) in [6, 6.07) is 24.7. The molecular weight excluding hydrogens is 567 g/mol. The predicted molar refractivity (Wildman–Crippen MR) is 141 cm³/mol. The van der Waals surface area contributed by atoms with Crippen LogP contribution in [0.2, 0.25) is 0 Å². The molecule has 0 atom stereocenters. The fourth-order valence-electron chi connectivity index (χ4n) is 3.82. The number of pyridine rings is 1. The number of sulfone groups is 1. The summed E-state index contributed by atoms with van der Waals surface area (Å²) in [7, 11) is -1.63. The number of nitrogens with one attached hydrogen (secondary N) is 2. The minimum absolute atomic E-state index is 0.284. The summed E-state index contributed by atoms with van der Waals surface area (Å²) < 4.78 is 35.5. The zero-order valence-corrected chi connectivity index (χ0v) is 22.8. The van der Waals surface area contributed by atoms with Crippen molar-refractivity contribution in [1.29, 1.82) is 0 Å². The van der Waals surface area contributed by atoms with Gasteiger partial charge in [-0.15, -0.1) is 0 Å². The Kier molecular flexibility index (Phi) is 6.48. The van der Waals surface area contributed by atoms with Gasteiger partial charge in [-0.25, -0.2) is 0 Å². The van der Waals surface area contributed by atoms with Crippen LogP contribution >= 0.6 is 0 Å². The number of hydrogen-bond acceptors (Lipinski definition) is 7. The van der Waals surface area contributed by atoms with Gasteiger partial charge in [0.2, 0.25) is 0 Å².